The fraction of sp³-hybridized carbons (Fsp3) is 0.357. The van der Waals surface area contributed by atoms with Crippen LogP contribution in [-0.2, 0) is 6.54 Å². The maximum Gasteiger partial charge on any atom is 0.364 e. The first-order valence-electron chi connectivity index (χ1n) is 6.23. The van der Waals surface area contributed by atoms with Crippen LogP contribution in [0.1, 0.15) is 25.5 Å². The third kappa shape index (κ3) is 2.64. The number of hydrogen-bond acceptors (Lipinski definition) is 3. The average Bonchev–Trinajstić information content (AvgIpc) is 2.39. The van der Waals surface area contributed by atoms with Crippen LogP contribution in [0.3, 0.4) is 0 Å². The van der Waals surface area contributed by atoms with E-state index in [1.807, 2.05) is 37.3 Å². The highest BCUT2D eigenvalue weighted by Gasteiger charge is 2.08. The predicted octanol–water partition coefficient (Wildman–Crippen LogP) is 2.41. The van der Waals surface area contributed by atoms with Crippen LogP contribution in [0, 0.1) is 6.92 Å². The summed E-state index contributed by atoms with van der Waals surface area (Å²) < 4.78 is 1.46. The molecule has 1 aromatic carbocycles. The monoisotopic (exact) mass is 243 g/mol. The maximum absolute atomic E-state index is 11.7. The van der Waals surface area contributed by atoms with Gasteiger partial charge in [-0.05, 0) is 13.3 Å². The average molecular weight is 243 g/mol. The van der Waals surface area contributed by atoms with Crippen molar-refractivity contribution in [1.82, 2.24) is 14.8 Å². The van der Waals surface area contributed by atoms with Gasteiger partial charge in [-0.25, -0.2) is 9.48 Å². The molecule has 0 bridgehead atoms. The van der Waals surface area contributed by atoms with Crippen LogP contribution < -0.4 is 5.69 Å². The van der Waals surface area contributed by atoms with Crippen molar-refractivity contribution in [3.05, 3.63) is 46.5 Å². The highest BCUT2D eigenvalue weighted by Crippen LogP contribution is 2.17. The molecule has 0 unspecified atom stereocenters. The number of rotatable bonds is 4. The molecule has 0 aliphatic rings. The second-order valence-electron chi connectivity index (χ2n) is 4.27. The Labute approximate surface area is 106 Å². The molecule has 0 aliphatic heterocycles. The van der Waals surface area contributed by atoms with Gasteiger partial charge < -0.3 is 0 Å². The van der Waals surface area contributed by atoms with Gasteiger partial charge in [0.25, 0.3) is 0 Å². The Morgan fingerprint density at radius 1 is 1.22 bits per heavy atom. The molecule has 18 heavy (non-hydrogen) atoms. The smallest absolute Gasteiger partial charge is 0.244 e. The van der Waals surface area contributed by atoms with Crippen LogP contribution in [-0.4, -0.2) is 14.8 Å². The molecule has 94 valence electrons. The Morgan fingerprint density at radius 2 is 1.94 bits per heavy atom. The largest absolute Gasteiger partial charge is 0.364 e. The molecule has 4 nitrogen and oxygen atoms in total. The van der Waals surface area contributed by atoms with Crippen molar-refractivity contribution in [1.29, 1.82) is 0 Å². The lowest BCUT2D eigenvalue weighted by Crippen LogP contribution is -2.27. The summed E-state index contributed by atoms with van der Waals surface area (Å²) in [6.45, 7) is 4.54. The molecule has 0 N–H and O–H groups in total. The third-order valence-corrected chi connectivity index (χ3v) is 2.82. The Balaban J connectivity index is 2.45. The lowest BCUT2D eigenvalue weighted by molar-refractivity contribution is 0.528. The summed E-state index contributed by atoms with van der Waals surface area (Å²) in [4.78, 5) is 15.8. The molecule has 1 aromatic heterocycles. The van der Waals surface area contributed by atoms with Crippen molar-refractivity contribution in [3.8, 4) is 11.3 Å². The van der Waals surface area contributed by atoms with E-state index in [0.717, 1.165) is 24.1 Å². The van der Waals surface area contributed by atoms with Crippen molar-refractivity contribution in [2.45, 2.75) is 33.2 Å². The van der Waals surface area contributed by atoms with Gasteiger partial charge in [0, 0.05) is 12.1 Å². The Bertz CT molecular complexity index is 575. The molecule has 2 rings (SSSR count). The van der Waals surface area contributed by atoms with E-state index in [4.69, 9.17) is 0 Å². The van der Waals surface area contributed by atoms with Gasteiger partial charge in [0.15, 0.2) is 0 Å². The quantitative estimate of drug-likeness (QED) is 0.828. The maximum atomic E-state index is 11.7. The lowest BCUT2D eigenvalue weighted by atomic mass is 10.1. The summed E-state index contributed by atoms with van der Waals surface area (Å²) in [5.74, 6) is 0. The van der Waals surface area contributed by atoms with Crippen molar-refractivity contribution >= 4 is 0 Å². The molecule has 2 aromatic rings. The number of nitrogens with zero attached hydrogens (tertiary/aromatic N) is 3. The molecule has 0 aliphatic carbocycles. The summed E-state index contributed by atoms with van der Waals surface area (Å²) in [5.41, 5.74) is 2.19. The molecule has 0 spiro atoms. The van der Waals surface area contributed by atoms with Crippen LogP contribution in [0.25, 0.3) is 11.3 Å². The standard InChI is InChI=1S/C14H17N3O/c1-3-4-10-17-14(18)15-11(2)13(16-17)12-8-6-5-7-9-12/h5-9H,3-4,10H2,1-2H3. The number of aromatic nitrogens is 3. The van der Waals surface area contributed by atoms with Gasteiger partial charge in [0.1, 0.15) is 5.69 Å². The highest BCUT2D eigenvalue weighted by atomic mass is 16.1. The first kappa shape index (κ1) is 12.5. The van der Waals surface area contributed by atoms with Crippen LogP contribution in [0.4, 0.5) is 0 Å². The van der Waals surface area contributed by atoms with E-state index in [0.29, 0.717) is 12.2 Å². The van der Waals surface area contributed by atoms with Gasteiger partial charge in [-0.3, -0.25) is 0 Å². The minimum absolute atomic E-state index is 0.263. The minimum Gasteiger partial charge on any atom is -0.244 e. The SMILES string of the molecule is CCCCn1nc(-c2ccccc2)c(C)nc1=O. The van der Waals surface area contributed by atoms with Gasteiger partial charge in [-0.1, -0.05) is 43.7 Å². The van der Waals surface area contributed by atoms with Crippen molar-refractivity contribution in [2.24, 2.45) is 0 Å². The predicted molar refractivity (Wildman–Crippen MR) is 71.4 cm³/mol. The molecule has 0 atom stereocenters. The first-order valence-corrected chi connectivity index (χ1v) is 6.23. The minimum atomic E-state index is -0.263. The van der Waals surface area contributed by atoms with Gasteiger partial charge in [0.2, 0.25) is 0 Å². The normalized spacial score (nSPS) is 10.6. The Hall–Kier alpha value is -1.97. The zero-order valence-corrected chi connectivity index (χ0v) is 10.8. The second kappa shape index (κ2) is 5.58. The van der Waals surface area contributed by atoms with E-state index in [1.165, 1.54) is 4.68 Å². The number of unbranched alkanes of at least 4 members (excludes halogenated alkanes) is 1. The van der Waals surface area contributed by atoms with Crippen molar-refractivity contribution in [3.63, 3.8) is 0 Å². The number of hydrogen-bond donors (Lipinski definition) is 0. The highest BCUT2D eigenvalue weighted by molar-refractivity contribution is 5.60. The van der Waals surface area contributed by atoms with Crippen LogP contribution in [0.2, 0.25) is 0 Å². The van der Waals surface area contributed by atoms with Gasteiger partial charge in [-0.2, -0.15) is 10.1 Å². The van der Waals surface area contributed by atoms with Gasteiger partial charge in [0.05, 0.1) is 5.69 Å². The topological polar surface area (TPSA) is 47.8 Å². The van der Waals surface area contributed by atoms with E-state index >= 15 is 0 Å². The summed E-state index contributed by atoms with van der Waals surface area (Å²) in [7, 11) is 0. The van der Waals surface area contributed by atoms with E-state index in [-0.39, 0.29) is 5.69 Å². The molecule has 0 radical (unpaired) electrons. The molecule has 0 saturated heterocycles. The Kier molecular flexibility index (Phi) is 3.87. The molecular formula is C14H17N3O. The van der Waals surface area contributed by atoms with Crippen LogP contribution >= 0.6 is 0 Å². The zero-order chi connectivity index (χ0) is 13.0. The first-order chi connectivity index (χ1) is 8.72. The zero-order valence-electron chi connectivity index (χ0n) is 10.8. The van der Waals surface area contributed by atoms with Crippen LogP contribution in [0.5, 0.6) is 0 Å². The molecule has 1 heterocycles. The molecular weight excluding hydrogens is 226 g/mol. The fourth-order valence-electron chi connectivity index (χ4n) is 1.81. The van der Waals surface area contributed by atoms with E-state index < -0.39 is 0 Å². The summed E-state index contributed by atoms with van der Waals surface area (Å²) in [6.07, 6.45) is 1.97. The van der Waals surface area contributed by atoms with E-state index in [1.54, 1.807) is 0 Å². The number of benzene rings is 1. The molecule has 0 fully saturated rings. The summed E-state index contributed by atoms with van der Waals surface area (Å²) in [5, 5.41) is 4.42. The Morgan fingerprint density at radius 3 is 2.61 bits per heavy atom. The molecule has 0 amide bonds. The van der Waals surface area contributed by atoms with Gasteiger partial charge in [-0.15, -0.1) is 0 Å². The van der Waals surface area contributed by atoms with Gasteiger partial charge >= 0.3 is 5.69 Å². The van der Waals surface area contributed by atoms with Crippen molar-refractivity contribution < 1.29 is 0 Å². The second-order valence-corrected chi connectivity index (χ2v) is 4.27. The fourth-order valence-corrected chi connectivity index (χ4v) is 1.81. The third-order valence-electron chi connectivity index (χ3n) is 2.82. The number of aryl methyl sites for hydroxylation is 2. The van der Waals surface area contributed by atoms with E-state index in [9.17, 15) is 4.79 Å². The van der Waals surface area contributed by atoms with Crippen LogP contribution in [0.15, 0.2) is 35.1 Å². The lowest BCUT2D eigenvalue weighted by Gasteiger charge is -2.08. The van der Waals surface area contributed by atoms with Crippen molar-refractivity contribution in [2.75, 3.05) is 0 Å². The summed E-state index contributed by atoms with van der Waals surface area (Å²) in [6, 6.07) is 9.83. The summed E-state index contributed by atoms with van der Waals surface area (Å²) >= 11 is 0. The molecule has 0 saturated carbocycles. The molecule has 4 heteroatoms. The van der Waals surface area contributed by atoms with E-state index in [2.05, 4.69) is 17.0 Å².